The van der Waals surface area contributed by atoms with E-state index >= 15 is 0 Å². The lowest BCUT2D eigenvalue weighted by Gasteiger charge is -2.23. The highest BCUT2D eigenvalue weighted by atomic mass is 16.5. The van der Waals surface area contributed by atoms with Gasteiger partial charge < -0.3 is 9.47 Å². The lowest BCUT2D eigenvalue weighted by atomic mass is 10.1. The van der Waals surface area contributed by atoms with Crippen molar-refractivity contribution < 1.29 is 18.7 Å². The standard InChI is InChI=1S/C21H18N2O4/c24-21-20(23(22-27-21)17-4-2-1-3-5-17)11-8-16-6-9-18(10-7-16)26-19-12-14-25-15-13-19/h1-7,9-10,19H,12-15H2/p+1. The summed E-state index contributed by atoms with van der Waals surface area (Å²) >= 11 is 0. The molecular weight excluding hydrogens is 344 g/mol. The highest BCUT2D eigenvalue weighted by Crippen LogP contribution is 2.18. The molecule has 4 rings (SSSR count). The fraction of sp³-hybridized carbons (Fsp3) is 0.238. The summed E-state index contributed by atoms with van der Waals surface area (Å²) in [6.07, 6.45) is 2.01. The molecule has 0 bridgehead atoms. The van der Waals surface area contributed by atoms with Crippen LogP contribution in [0.2, 0.25) is 0 Å². The van der Waals surface area contributed by atoms with Crippen LogP contribution in [0.3, 0.4) is 0 Å². The van der Waals surface area contributed by atoms with Gasteiger partial charge in [-0.3, -0.25) is 4.52 Å². The third-order valence-corrected chi connectivity index (χ3v) is 4.31. The van der Waals surface area contributed by atoms with Crippen molar-refractivity contribution in [1.29, 1.82) is 0 Å². The molecule has 6 nitrogen and oxygen atoms in total. The molecule has 1 fully saturated rings. The number of H-pyrrole nitrogens is 1. The second-order valence-electron chi connectivity index (χ2n) is 6.20. The van der Waals surface area contributed by atoms with Gasteiger partial charge in [0.15, 0.2) is 0 Å². The van der Waals surface area contributed by atoms with E-state index in [2.05, 4.69) is 17.1 Å². The van der Waals surface area contributed by atoms with E-state index in [-0.39, 0.29) is 11.8 Å². The topological polar surface area (TPSA) is 68.3 Å². The Labute approximate surface area is 156 Å². The number of ether oxygens (including phenoxy) is 2. The summed E-state index contributed by atoms with van der Waals surface area (Å²) in [7, 11) is 0. The average Bonchev–Trinajstić information content (AvgIpc) is 3.09. The van der Waals surface area contributed by atoms with Crippen LogP contribution in [0, 0.1) is 11.8 Å². The Kier molecular flexibility index (Phi) is 5.04. The van der Waals surface area contributed by atoms with Crippen LogP contribution in [0.15, 0.2) is 63.9 Å². The van der Waals surface area contributed by atoms with E-state index in [4.69, 9.17) is 14.0 Å². The molecule has 6 heteroatoms. The quantitative estimate of drug-likeness (QED) is 0.572. The van der Waals surface area contributed by atoms with Crippen molar-refractivity contribution >= 4 is 0 Å². The molecule has 1 saturated heterocycles. The van der Waals surface area contributed by atoms with Crippen molar-refractivity contribution in [1.82, 2.24) is 5.27 Å². The maximum atomic E-state index is 12.0. The van der Waals surface area contributed by atoms with Crippen LogP contribution in [-0.2, 0) is 4.74 Å². The fourth-order valence-electron chi connectivity index (χ4n) is 2.87. The maximum absolute atomic E-state index is 12.0. The third-order valence-electron chi connectivity index (χ3n) is 4.31. The largest absolute Gasteiger partial charge is 0.490 e. The lowest BCUT2D eigenvalue weighted by Crippen LogP contribution is -2.37. The molecule has 1 aromatic heterocycles. The highest BCUT2D eigenvalue weighted by Gasteiger charge is 2.21. The Bertz CT molecular complexity index is 1000. The number of hydrogen-bond donors (Lipinski definition) is 1. The van der Waals surface area contributed by atoms with Crippen molar-refractivity contribution in [2.75, 3.05) is 13.2 Å². The van der Waals surface area contributed by atoms with Crippen LogP contribution >= 0.6 is 0 Å². The van der Waals surface area contributed by atoms with Crippen LogP contribution in [0.4, 0.5) is 0 Å². The zero-order chi connectivity index (χ0) is 18.5. The molecular formula is C21H19N2O4+. The first-order valence-electron chi connectivity index (χ1n) is 8.85. The monoisotopic (exact) mass is 363 g/mol. The Morgan fingerprint density at radius 3 is 2.48 bits per heavy atom. The number of hydrogen-bond acceptors (Lipinski definition) is 4. The number of rotatable bonds is 3. The summed E-state index contributed by atoms with van der Waals surface area (Å²) in [6.45, 7) is 1.49. The fourth-order valence-corrected chi connectivity index (χ4v) is 2.87. The number of benzene rings is 2. The van der Waals surface area contributed by atoms with Crippen molar-refractivity contribution in [2.24, 2.45) is 0 Å². The summed E-state index contributed by atoms with van der Waals surface area (Å²) in [6, 6.07) is 16.9. The highest BCUT2D eigenvalue weighted by molar-refractivity contribution is 5.41. The van der Waals surface area contributed by atoms with Crippen LogP contribution < -0.4 is 15.0 Å². The van der Waals surface area contributed by atoms with E-state index in [0.29, 0.717) is 0 Å². The van der Waals surface area contributed by atoms with Gasteiger partial charge in [-0.2, -0.15) is 0 Å². The molecule has 1 aliphatic rings. The molecule has 2 aromatic carbocycles. The Balaban J connectivity index is 1.52. The summed E-state index contributed by atoms with van der Waals surface area (Å²) in [4.78, 5) is 12.0. The van der Waals surface area contributed by atoms with E-state index in [1.807, 2.05) is 54.6 Å². The molecule has 2 heterocycles. The molecule has 1 aliphatic heterocycles. The minimum absolute atomic E-state index is 0.199. The van der Waals surface area contributed by atoms with Crippen molar-refractivity contribution in [3.05, 3.63) is 76.3 Å². The number of nitrogens with one attached hydrogen (secondary N) is 1. The van der Waals surface area contributed by atoms with E-state index in [1.54, 1.807) is 0 Å². The van der Waals surface area contributed by atoms with Crippen LogP contribution in [0.1, 0.15) is 24.1 Å². The maximum Gasteiger partial charge on any atom is 0.444 e. The SMILES string of the molecule is O=c1o[nH][n+](-c2ccccc2)c1C#Cc1ccc(OC2CCOCC2)cc1. The molecule has 0 spiro atoms. The predicted octanol–water partition coefficient (Wildman–Crippen LogP) is 2.20. The van der Waals surface area contributed by atoms with Gasteiger partial charge in [0.1, 0.15) is 11.9 Å². The number of aromatic amines is 1. The Morgan fingerprint density at radius 1 is 1.00 bits per heavy atom. The minimum Gasteiger partial charge on any atom is -0.490 e. The zero-order valence-electron chi connectivity index (χ0n) is 14.7. The molecule has 1 N–H and O–H groups in total. The van der Waals surface area contributed by atoms with Crippen LogP contribution in [0.25, 0.3) is 5.69 Å². The van der Waals surface area contributed by atoms with Gasteiger partial charge in [0, 0.05) is 36.5 Å². The van der Waals surface area contributed by atoms with Gasteiger partial charge in [0.05, 0.1) is 13.2 Å². The van der Waals surface area contributed by atoms with Crippen molar-refractivity contribution in [2.45, 2.75) is 18.9 Å². The van der Waals surface area contributed by atoms with Crippen LogP contribution in [-0.4, -0.2) is 24.6 Å². The minimum atomic E-state index is -0.508. The summed E-state index contributed by atoms with van der Waals surface area (Å²) in [5.74, 6) is 6.71. The second-order valence-corrected chi connectivity index (χ2v) is 6.20. The molecule has 0 amide bonds. The lowest BCUT2D eigenvalue weighted by molar-refractivity contribution is -0.672. The van der Waals surface area contributed by atoms with Gasteiger partial charge in [-0.1, -0.05) is 24.1 Å². The molecule has 27 heavy (non-hydrogen) atoms. The van der Waals surface area contributed by atoms with Gasteiger partial charge in [0.25, 0.3) is 0 Å². The molecule has 3 aromatic rings. The van der Waals surface area contributed by atoms with Gasteiger partial charge in [-0.15, -0.1) is 0 Å². The number of aromatic nitrogens is 2. The molecule has 0 atom stereocenters. The van der Waals surface area contributed by atoms with Crippen LogP contribution in [0.5, 0.6) is 5.75 Å². The molecule has 0 unspecified atom stereocenters. The van der Waals surface area contributed by atoms with Gasteiger partial charge >= 0.3 is 11.3 Å². The molecule has 0 radical (unpaired) electrons. The zero-order valence-corrected chi connectivity index (χ0v) is 14.7. The summed E-state index contributed by atoms with van der Waals surface area (Å²) in [5.41, 5.74) is 1.29. The van der Waals surface area contributed by atoms with E-state index < -0.39 is 5.63 Å². The first-order valence-corrected chi connectivity index (χ1v) is 8.85. The molecule has 136 valence electrons. The van der Waals surface area contributed by atoms with Gasteiger partial charge in [0.2, 0.25) is 5.69 Å². The van der Waals surface area contributed by atoms with E-state index in [9.17, 15) is 4.79 Å². The third kappa shape index (κ3) is 4.10. The second kappa shape index (κ2) is 7.94. The molecule has 0 saturated carbocycles. The van der Waals surface area contributed by atoms with E-state index in [0.717, 1.165) is 43.1 Å². The summed E-state index contributed by atoms with van der Waals surface area (Å²) in [5, 5.41) is 2.58. The average molecular weight is 363 g/mol. The Morgan fingerprint density at radius 2 is 1.74 bits per heavy atom. The normalized spacial score (nSPS) is 14.4. The number of nitrogens with zero attached hydrogens (tertiary/aromatic N) is 1. The van der Waals surface area contributed by atoms with Gasteiger partial charge in [-0.25, -0.2) is 4.79 Å². The van der Waals surface area contributed by atoms with Crippen molar-refractivity contribution in [3.63, 3.8) is 0 Å². The smallest absolute Gasteiger partial charge is 0.444 e. The first-order chi connectivity index (χ1) is 13.3. The molecule has 0 aliphatic carbocycles. The Hall–Kier alpha value is -3.30. The summed E-state index contributed by atoms with van der Waals surface area (Å²) < 4.78 is 17.7. The first kappa shape index (κ1) is 17.1. The predicted molar refractivity (Wildman–Crippen MR) is 97.8 cm³/mol. The number of para-hydroxylation sites is 1. The van der Waals surface area contributed by atoms with Gasteiger partial charge in [-0.05, 0) is 34.2 Å². The van der Waals surface area contributed by atoms with Crippen molar-refractivity contribution in [3.8, 4) is 23.3 Å². The van der Waals surface area contributed by atoms with E-state index in [1.165, 1.54) is 4.68 Å².